The van der Waals surface area contributed by atoms with Crippen molar-refractivity contribution in [3.8, 4) is 0 Å². The second-order valence-electron chi connectivity index (χ2n) is 11.0. The molecule has 2 saturated carbocycles. The number of carbonyl (C=O) groups excluding carboxylic acids is 3. The highest BCUT2D eigenvalue weighted by Crippen LogP contribution is 2.62. The summed E-state index contributed by atoms with van der Waals surface area (Å²) in [7, 11) is 0. The molecule has 5 atom stereocenters. The third kappa shape index (κ3) is 5.17. The van der Waals surface area contributed by atoms with Crippen molar-refractivity contribution in [2.75, 3.05) is 13.2 Å². The molecule has 0 saturated heterocycles. The van der Waals surface area contributed by atoms with Crippen LogP contribution in [0.25, 0.3) is 0 Å². The molecule has 2 aliphatic carbocycles. The van der Waals surface area contributed by atoms with Gasteiger partial charge < -0.3 is 14.2 Å². The van der Waals surface area contributed by atoms with Gasteiger partial charge in [-0.05, 0) is 43.1 Å². The average molecular weight is 545 g/mol. The molecular formula is C30H32N4O6. The summed E-state index contributed by atoms with van der Waals surface area (Å²) in [5, 5.41) is 0. The van der Waals surface area contributed by atoms with Crippen LogP contribution in [0.1, 0.15) is 60.5 Å². The van der Waals surface area contributed by atoms with Crippen molar-refractivity contribution in [2.24, 2.45) is 22.7 Å². The minimum Gasteiger partial charge on any atom is -0.460 e. The van der Waals surface area contributed by atoms with Gasteiger partial charge in [0.15, 0.2) is 11.4 Å². The number of cyclic esters (lactones) is 1. The van der Waals surface area contributed by atoms with E-state index in [1.54, 1.807) is 6.08 Å². The van der Waals surface area contributed by atoms with Gasteiger partial charge in [0.2, 0.25) is 0 Å². The molecule has 3 aliphatic rings. The maximum Gasteiger partial charge on any atom is 0.358 e. The fourth-order valence-corrected chi connectivity index (χ4v) is 6.65. The number of allylic oxidation sites excluding steroid dienone is 2. The largest absolute Gasteiger partial charge is 0.460 e. The van der Waals surface area contributed by atoms with Crippen LogP contribution in [0.5, 0.6) is 0 Å². The van der Waals surface area contributed by atoms with Crippen LogP contribution in [0, 0.1) is 22.7 Å². The van der Waals surface area contributed by atoms with Crippen LogP contribution in [0.15, 0.2) is 73.1 Å². The van der Waals surface area contributed by atoms with E-state index in [2.05, 4.69) is 33.4 Å². The van der Waals surface area contributed by atoms with Crippen molar-refractivity contribution < 1.29 is 28.6 Å². The summed E-state index contributed by atoms with van der Waals surface area (Å²) in [5.74, 6) is -1.54. The van der Waals surface area contributed by atoms with E-state index in [1.807, 2.05) is 19.1 Å². The van der Waals surface area contributed by atoms with Gasteiger partial charge in [-0.2, -0.15) is 0 Å². The zero-order chi connectivity index (χ0) is 28.3. The lowest BCUT2D eigenvalue weighted by Gasteiger charge is -2.59. The molecule has 208 valence electrons. The summed E-state index contributed by atoms with van der Waals surface area (Å²) in [4.78, 5) is 54.1. The number of hydrogen-bond acceptors (Lipinski definition) is 10. The summed E-state index contributed by atoms with van der Waals surface area (Å²) in [6.45, 7) is 8.89. The van der Waals surface area contributed by atoms with Gasteiger partial charge in [-0.25, -0.2) is 24.4 Å². The quantitative estimate of drug-likeness (QED) is 0.285. The zero-order valence-electron chi connectivity index (χ0n) is 22.6. The number of aromatic nitrogens is 4. The van der Waals surface area contributed by atoms with Gasteiger partial charge in [-0.15, -0.1) is 0 Å². The lowest BCUT2D eigenvalue weighted by Crippen LogP contribution is -2.58. The highest BCUT2D eigenvalue weighted by molar-refractivity contribution is 5.93. The average Bonchev–Trinajstić information content (AvgIpc) is 3.38. The van der Waals surface area contributed by atoms with Crippen molar-refractivity contribution >= 4 is 17.9 Å². The van der Waals surface area contributed by atoms with Crippen LogP contribution in [0.3, 0.4) is 0 Å². The highest BCUT2D eigenvalue weighted by atomic mass is 16.6. The minimum absolute atomic E-state index is 0.00674. The molecule has 10 nitrogen and oxygen atoms in total. The summed E-state index contributed by atoms with van der Waals surface area (Å²) in [5.41, 5.74) is 0.803. The van der Waals surface area contributed by atoms with E-state index in [-0.39, 0.29) is 47.8 Å². The van der Waals surface area contributed by atoms with Crippen molar-refractivity contribution in [1.29, 1.82) is 0 Å². The molecule has 3 heterocycles. The fraction of sp³-hybridized carbons (Fsp3) is 0.433. The van der Waals surface area contributed by atoms with Gasteiger partial charge in [-0.3, -0.25) is 9.97 Å². The number of fused-ring (bicyclic) bond motifs is 1. The second-order valence-corrected chi connectivity index (χ2v) is 11.0. The van der Waals surface area contributed by atoms with E-state index in [0.29, 0.717) is 12.0 Å². The molecule has 0 spiro atoms. The second kappa shape index (κ2) is 11.1. The van der Waals surface area contributed by atoms with Crippen LogP contribution in [0.4, 0.5) is 0 Å². The molecular weight excluding hydrogens is 512 g/mol. The smallest absolute Gasteiger partial charge is 0.358 e. The number of hydrogen-bond donors (Lipinski definition) is 0. The SMILES string of the molecule is C=C1CC[C@@H]2[C@](C)(COC(=O)c3cnccn3)[C@H](OC(=O)c3cnccn3)CC[C@@]2(C)[C@@H]1/C=C/C1=CCOC1=O. The number of carbonyl (C=O) groups is 3. The lowest BCUT2D eigenvalue weighted by atomic mass is 9.46. The van der Waals surface area contributed by atoms with Crippen LogP contribution in [-0.4, -0.2) is 57.2 Å². The van der Waals surface area contributed by atoms with Crippen molar-refractivity contribution in [3.63, 3.8) is 0 Å². The Labute approximate surface area is 232 Å². The molecule has 0 aromatic carbocycles. The molecule has 2 aromatic rings. The Morgan fingerprint density at radius 1 is 1.07 bits per heavy atom. The van der Waals surface area contributed by atoms with Gasteiger partial charge >= 0.3 is 17.9 Å². The van der Waals surface area contributed by atoms with Gasteiger partial charge in [0, 0.05) is 36.1 Å². The van der Waals surface area contributed by atoms with Crippen LogP contribution < -0.4 is 0 Å². The van der Waals surface area contributed by atoms with Gasteiger partial charge in [0.05, 0.1) is 18.0 Å². The van der Waals surface area contributed by atoms with E-state index in [9.17, 15) is 14.4 Å². The monoisotopic (exact) mass is 544 g/mol. The third-order valence-corrected chi connectivity index (χ3v) is 8.71. The highest BCUT2D eigenvalue weighted by Gasteiger charge is 2.59. The molecule has 5 rings (SSSR count). The van der Waals surface area contributed by atoms with E-state index in [4.69, 9.17) is 14.2 Å². The summed E-state index contributed by atoms with van der Waals surface area (Å²) in [6, 6.07) is 0. The molecule has 2 fully saturated rings. The van der Waals surface area contributed by atoms with Gasteiger partial charge in [0.25, 0.3) is 0 Å². The first-order chi connectivity index (χ1) is 19.2. The first-order valence-corrected chi connectivity index (χ1v) is 13.4. The molecule has 2 aromatic heterocycles. The Kier molecular flexibility index (Phi) is 7.60. The third-order valence-electron chi connectivity index (χ3n) is 8.71. The molecule has 0 bridgehead atoms. The maximum atomic E-state index is 13.1. The molecule has 0 N–H and O–H groups in total. The van der Waals surface area contributed by atoms with Crippen LogP contribution >= 0.6 is 0 Å². The Morgan fingerprint density at radius 2 is 1.77 bits per heavy atom. The number of ether oxygens (including phenoxy) is 3. The van der Waals surface area contributed by atoms with Crippen molar-refractivity contribution in [1.82, 2.24) is 19.9 Å². The summed E-state index contributed by atoms with van der Waals surface area (Å²) < 4.78 is 17.0. The summed E-state index contributed by atoms with van der Waals surface area (Å²) >= 11 is 0. The van der Waals surface area contributed by atoms with Gasteiger partial charge in [0.1, 0.15) is 19.3 Å². The lowest BCUT2D eigenvalue weighted by molar-refractivity contribution is -0.150. The predicted octanol–water partition coefficient (Wildman–Crippen LogP) is 4.08. The maximum absolute atomic E-state index is 13.1. The molecule has 1 aliphatic heterocycles. The topological polar surface area (TPSA) is 130 Å². The fourth-order valence-electron chi connectivity index (χ4n) is 6.65. The minimum atomic E-state index is -0.735. The Morgan fingerprint density at radius 3 is 2.40 bits per heavy atom. The standard InChI is InChI=1S/C30H32N4O6/c1-19-4-7-24-29(2,21(19)6-5-20-9-15-38-26(20)35)10-8-25(40-28(37)23-17-32-12-14-34-23)30(24,3)18-39-27(36)22-16-31-11-13-33-22/h5-6,9,11-14,16-17,21,24-25H,1,4,7-8,10,15,18H2,2-3H3/b6-5+/t21-,24+,25-,29+,30+/m1/s1. The van der Waals surface area contributed by atoms with E-state index < -0.39 is 23.5 Å². The predicted molar refractivity (Wildman–Crippen MR) is 143 cm³/mol. The normalized spacial score (nSPS) is 29.9. The first kappa shape index (κ1) is 27.4. The number of esters is 3. The van der Waals surface area contributed by atoms with Crippen LogP contribution in [-0.2, 0) is 19.0 Å². The van der Waals surface area contributed by atoms with E-state index in [1.165, 1.54) is 37.2 Å². The van der Waals surface area contributed by atoms with E-state index in [0.717, 1.165) is 24.8 Å². The number of nitrogens with zero attached hydrogens (tertiary/aromatic N) is 4. The van der Waals surface area contributed by atoms with E-state index >= 15 is 0 Å². The Hall–Kier alpha value is -4.21. The Balaban J connectivity index is 1.45. The molecule has 0 radical (unpaired) electrons. The van der Waals surface area contributed by atoms with Crippen LogP contribution in [0.2, 0.25) is 0 Å². The molecule has 10 heteroatoms. The Bertz CT molecular complexity index is 1360. The summed E-state index contributed by atoms with van der Waals surface area (Å²) in [6.07, 6.45) is 16.5. The van der Waals surface area contributed by atoms with Gasteiger partial charge in [-0.1, -0.05) is 38.2 Å². The number of rotatable bonds is 7. The van der Waals surface area contributed by atoms with Crippen molar-refractivity contribution in [2.45, 2.75) is 45.6 Å². The van der Waals surface area contributed by atoms with Crippen molar-refractivity contribution in [3.05, 3.63) is 84.5 Å². The zero-order valence-corrected chi connectivity index (χ0v) is 22.6. The first-order valence-electron chi connectivity index (χ1n) is 13.4. The molecule has 0 unspecified atom stereocenters. The molecule has 40 heavy (non-hydrogen) atoms. The molecule has 0 amide bonds.